The Hall–Kier alpha value is -1.12. The molecule has 0 aromatic carbocycles. The van der Waals surface area contributed by atoms with Crippen molar-refractivity contribution in [2.24, 2.45) is 0 Å². The summed E-state index contributed by atoms with van der Waals surface area (Å²) in [6.07, 6.45) is 6.65. The first-order chi connectivity index (χ1) is 5.88. The van der Waals surface area contributed by atoms with Gasteiger partial charge in [-0.2, -0.15) is 0 Å². The summed E-state index contributed by atoms with van der Waals surface area (Å²) in [5, 5.41) is 3.57. The second-order valence-electron chi connectivity index (χ2n) is 2.80. The van der Waals surface area contributed by atoms with Gasteiger partial charge in [0.1, 0.15) is 12.0 Å². The van der Waals surface area contributed by atoms with Crippen LogP contribution in [0.3, 0.4) is 0 Å². The number of carbonyl (C=O) groups excluding carboxylic acids is 1. The monoisotopic (exact) mass is 167 g/mol. The fourth-order valence-electron chi connectivity index (χ4n) is 1.12. The molecule has 0 radical (unpaired) electrons. The van der Waals surface area contributed by atoms with Crippen LogP contribution in [0.25, 0.3) is 0 Å². The standard InChI is InChI=1S/C9H13NO2/c1-2-3-4-5-8-7-12-10-9(8)6-11/h6-7H,2-5H2,1H3. The van der Waals surface area contributed by atoms with Crippen molar-refractivity contribution in [2.45, 2.75) is 32.6 Å². The molecule has 12 heavy (non-hydrogen) atoms. The van der Waals surface area contributed by atoms with E-state index in [1.807, 2.05) is 0 Å². The number of unbranched alkanes of at least 4 members (excludes halogenated alkanes) is 2. The molecule has 1 rings (SSSR count). The van der Waals surface area contributed by atoms with Crippen molar-refractivity contribution in [1.29, 1.82) is 0 Å². The van der Waals surface area contributed by atoms with Gasteiger partial charge in [-0.3, -0.25) is 4.79 Å². The van der Waals surface area contributed by atoms with Crippen LogP contribution < -0.4 is 0 Å². The molecule has 0 unspecified atom stereocenters. The molecule has 0 atom stereocenters. The Bertz CT molecular complexity index is 242. The van der Waals surface area contributed by atoms with Crippen LogP contribution in [-0.4, -0.2) is 11.4 Å². The van der Waals surface area contributed by atoms with Gasteiger partial charge in [-0.1, -0.05) is 24.9 Å². The molecule has 3 nitrogen and oxygen atoms in total. The van der Waals surface area contributed by atoms with Crippen molar-refractivity contribution in [2.75, 3.05) is 0 Å². The van der Waals surface area contributed by atoms with E-state index in [4.69, 9.17) is 0 Å². The summed E-state index contributed by atoms with van der Waals surface area (Å²) in [6.45, 7) is 2.15. The van der Waals surface area contributed by atoms with E-state index in [1.165, 1.54) is 12.8 Å². The van der Waals surface area contributed by atoms with Crippen LogP contribution in [0.4, 0.5) is 0 Å². The maximum absolute atomic E-state index is 10.4. The number of aldehydes is 1. The quantitative estimate of drug-likeness (QED) is 0.499. The highest BCUT2D eigenvalue weighted by atomic mass is 16.5. The van der Waals surface area contributed by atoms with E-state index in [9.17, 15) is 4.79 Å². The number of rotatable bonds is 5. The second kappa shape index (κ2) is 4.70. The predicted molar refractivity (Wildman–Crippen MR) is 45.1 cm³/mol. The Labute approximate surface area is 71.7 Å². The molecule has 0 saturated heterocycles. The van der Waals surface area contributed by atoms with Crippen LogP contribution in [0.2, 0.25) is 0 Å². The summed E-state index contributed by atoms with van der Waals surface area (Å²) in [5.74, 6) is 0. The summed E-state index contributed by atoms with van der Waals surface area (Å²) in [6, 6.07) is 0. The van der Waals surface area contributed by atoms with Gasteiger partial charge in [-0.15, -0.1) is 0 Å². The average molecular weight is 167 g/mol. The van der Waals surface area contributed by atoms with Crippen molar-refractivity contribution in [1.82, 2.24) is 5.16 Å². The zero-order chi connectivity index (χ0) is 8.81. The largest absolute Gasteiger partial charge is 0.364 e. The van der Waals surface area contributed by atoms with Crippen LogP contribution >= 0.6 is 0 Å². The molecule has 0 N–H and O–H groups in total. The summed E-state index contributed by atoms with van der Waals surface area (Å²) in [4.78, 5) is 10.4. The number of nitrogens with zero attached hydrogens (tertiary/aromatic N) is 1. The molecule has 0 aliphatic carbocycles. The molecule has 1 aromatic heterocycles. The van der Waals surface area contributed by atoms with E-state index in [0.29, 0.717) is 5.69 Å². The summed E-state index contributed by atoms with van der Waals surface area (Å²) >= 11 is 0. The fourth-order valence-corrected chi connectivity index (χ4v) is 1.12. The predicted octanol–water partition coefficient (Wildman–Crippen LogP) is 2.22. The number of aryl methyl sites for hydroxylation is 1. The summed E-state index contributed by atoms with van der Waals surface area (Å²) in [7, 11) is 0. The summed E-state index contributed by atoms with van der Waals surface area (Å²) < 4.78 is 4.69. The van der Waals surface area contributed by atoms with Crippen LogP contribution in [0.1, 0.15) is 42.2 Å². The first-order valence-electron chi connectivity index (χ1n) is 4.27. The smallest absolute Gasteiger partial charge is 0.172 e. The van der Waals surface area contributed by atoms with Crippen molar-refractivity contribution >= 4 is 6.29 Å². The number of carbonyl (C=O) groups is 1. The lowest BCUT2D eigenvalue weighted by Crippen LogP contribution is -1.89. The minimum atomic E-state index is 0.450. The van der Waals surface area contributed by atoms with Gasteiger partial charge < -0.3 is 4.52 Å². The number of hydrogen-bond acceptors (Lipinski definition) is 3. The van der Waals surface area contributed by atoms with Gasteiger partial charge in [0.25, 0.3) is 0 Å². The Morgan fingerprint density at radius 2 is 2.42 bits per heavy atom. The topological polar surface area (TPSA) is 43.1 Å². The lowest BCUT2D eigenvalue weighted by Gasteiger charge is -1.94. The van der Waals surface area contributed by atoms with Gasteiger partial charge in [-0.05, 0) is 12.8 Å². The molecule has 0 amide bonds. The first kappa shape index (κ1) is 8.97. The lowest BCUT2D eigenvalue weighted by molar-refractivity contribution is 0.111. The molecular weight excluding hydrogens is 154 g/mol. The zero-order valence-corrected chi connectivity index (χ0v) is 7.25. The van der Waals surface area contributed by atoms with Crippen molar-refractivity contribution in [3.8, 4) is 0 Å². The van der Waals surface area contributed by atoms with E-state index < -0.39 is 0 Å². The molecule has 66 valence electrons. The molecule has 0 aliphatic heterocycles. The van der Waals surface area contributed by atoms with Crippen LogP contribution in [-0.2, 0) is 6.42 Å². The molecule has 1 heterocycles. The minimum absolute atomic E-state index is 0.450. The number of hydrogen-bond donors (Lipinski definition) is 0. The Morgan fingerprint density at radius 3 is 3.08 bits per heavy atom. The second-order valence-corrected chi connectivity index (χ2v) is 2.80. The Kier molecular flexibility index (Phi) is 3.51. The van der Waals surface area contributed by atoms with E-state index >= 15 is 0 Å². The highest BCUT2D eigenvalue weighted by Crippen LogP contribution is 2.09. The molecule has 0 bridgehead atoms. The minimum Gasteiger partial charge on any atom is -0.364 e. The SMILES string of the molecule is CCCCCc1conc1C=O. The normalized spacial score (nSPS) is 10.1. The number of aromatic nitrogens is 1. The third-order valence-corrected chi connectivity index (χ3v) is 1.84. The molecule has 0 spiro atoms. The third-order valence-electron chi connectivity index (χ3n) is 1.84. The van der Waals surface area contributed by atoms with E-state index in [1.54, 1.807) is 6.26 Å². The van der Waals surface area contributed by atoms with Gasteiger partial charge in [-0.25, -0.2) is 0 Å². The van der Waals surface area contributed by atoms with E-state index in [-0.39, 0.29) is 0 Å². The lowest BCUT2D eigenvalue weighted by atomic mass is 10.1. The molecule has 0 saturated carbocycles. The van der Waals surface area contributed by atoms with Gasteiger partial charge in [0.15, 0.2) is 6.29 Å². The molecule has 1 aromatic rings. The average Bonchev–Trinajstić information content (AvgIpc) is 2.52. The fraction of sp³-hybridized carbons (Fsp3) is 0.556. The van der Waals surface area contributed by atoms with Crippen LogP contribution in [0.15, 0.2) is 10.8 Å². The van der Waals surface area contributed by atoms with E-state index in [0.717, 1.165) is 24.7 Å². The molecule has 0 fully saturated rings. The van der Waals surface area contributed by atoms with Gasteiger partial charge in [0.2, 0.25) is 0 Å². The van der Waals surface area contributed by atoms with Gasteiger partial charge >= 0.3 is 0 Å². The first-order valence-corrected chi connectivity index (χ1v) is 4.27. The Morgan fingerprint density at radius 1 is 1.58 bits per heavy atom. The van der Waals surface area contributed by atoms with Crippen molar-refractivity contribution < 1.29 is 9.32 Å². The molecule has 3 heteroatoms. The van der Waals surface area contributed by atoms with Crippen LogP contribution in [0.5, 0.6) is 0 Å². The summed E-state index contributed by atoms with van der Waals surface area (Å²) in [5.41, 5.74) is 1.38. The zero-order valence-electron chi connectivity index (χ0n) is 7.25. The van der Waals surface area contributed by atoms with Crippen LogP contribution in [0, 0.1) is 0 Å². The maximum Gasteiger partial charge on any atom is 0.172 e. The maximum atomic E-state index is 10.4. The van der Waals surface area contributed by atoms with Gasteiger partial charge in [0, 0.05) is 5.56 Å². The highest BCUT2D eigenvalue weighted by molar-refractivity contribution is 5.73. The van der Waals surface area contributed by atoms with Crippen molar-refractivity contribution in [3.63, 3.8) is 0 Å². The van der Waals surface area contributed by atoms with E-state index in [2.05, 4.69) is 16.6 Å². The van der Waals surface area contributed by atoms with Crippen molar-refractivity contribution in [3.05, 3.63) is 17.5 Å². The molecule has 0 aliphatic rings. The highest BCUT2D eigenvalue weighted by Gasteiger charge is 2.04. The Balaban J connectivity index is 2.45. The third kappa shape index (κ3) is 2.19. The molecular formula is C9H13NO2. The van der Waals surface area contributed by atoms with Gasteiger partial charge in [0.05, 0.1) is 0 Å².